The van der Waals surface area contributed by atoms with Gasteiger partial charge in [0.1, 0.15) is 5.75 Å². The number of carbonyl (C=O) groups is 2. The topological polar surface area (TPSA) is 85.7 Å². The van der Waals surface area contributed by atoms with E-state index in [9.17, 15) is 9.59 Å². The van der Waals surface area contributed by atoms with Crippen LogP contribution in [-0.2, 0) is 22.6 Å². The molecule has 8 nitrogen and oxygen atoms in total. The standard InChI is InChI=1S/C24H26N4O4/c1-31-20-11-9-17(10-12-20)21-15-19-16-27(13-6-14-28(19)26-21)24(30)25-22(23(29)32-2)18-7-4-3-5-8-18/h3-5,7-12,15,22H,6,13-14,16H2,1-2H3,(H,25,30)/t22-/m0/s1. The van der Waals surface area contributed by atoms with Crippen molar-refractivity contribution in [2.45, 2.75) is 25.6 Å². The highest BCUT2D eigenvalue weighted by Crippen LogP contribution is 2.24. The summed E-state index contributed by atoms with van der Waals surface area (Å²) in [6.07, 6.45) is 0.762. The monoisotopic (exact) mass is 434 g/mol. The number of carbonyl (C=O) groups excluding carboxylic acids is 2. The molecule has 1 atom stereocenters. The first kappa shape index (κ1) is 21.4. The number of rotatable bonds is 5. The highest BCUT2D eigenvalue weighted by molar-refractivity contribution is 5.84. The van der Waals surface area contributed by atoms with Crippen molar-refractivity contribution in [2.75, 3.05) is 20.8 Å². The van der Waals surface area contributed by atoms with E-state index in [1.165, 1.54) is 7.11 Å². The summed E-state index contributed by atoms with van der Waals surface area (Å²) in [5, 5.41) is 7.56. The van der Waals surface area contributed by atoms with Gasteiger partial charge in [-0.05, 0) is 42.3 Å². The molecule has 32 heavy (non-hydrogen) atoms. The van der Waals surface area contributed by atoms with Gasteiger partial charge in [0.2, 0.25) is 0 Å². The molecule has 0 saturated carbocycles. The van der Waals surface area contributed by atoms with Crippen LogP contribution in [0.3, 0.4) is 0 Å². The molecular formula is C24H26N4O4. The molecule has 3 aromatic rings. The van der Waals surface area contributed by atoms with Gasteiger partial charge in [-0.15, -0.1) is 0 Å². The molecule has 0 spiro atoms. The van der Waals surface area contributed by atoms with Crippen LogP contribution in [0.4, 0.5) is 4.79 Å². The molecule has 8 heteroatoms. The molecule has 166 valence electrons. The third-order valence-corrected chi connectivity index (χ3v) is 5.52. The second-order valence-corrected chi connectivity index (χ2v) is 7.56. The van der Waals surface area contributed by atoms with Crippen LogP contribution in [0.25, 0.3) is 11.3 Å². The summed E-state index contributed by atoms with van der Waals surface area (Å²) < 4.78 is 12.1. The molecule has 1 aliphatic rings. The Morgan fingerprint density at radius 3 is 2.47 bits per heavy atom. The Hall–Kier alpha value is -3.81. The molecule has 1 N–H and O–H groups in total. The summed E-state index contributed by atoms with van der Waals surface area (Å²) in [6.45, 7) is 1.68. The predicted octanol–water partition coefficient (Wildman–Crippen LogP) is 3.39. The Bertz CT molecular complexity index is 1080. The van der Waals surface area contributed by atoms with Crippen LogP contribution < -0.4 is 10.1 Å². The minimum Gasteiger partial charge on any atom is -0.497 e. The average molecular weight is 434 g/mol. The quantitative estimate of drug-likeness (QED) is 0.622. The molecule has 0 bridgehead atoms. The lowest BCUT2D eigenvalue weighted by Crippen LogP contribution is -2.43. The van der Waals surface area contributed by atoms with Gasteiger partial charge in [-0.2, -0.15) is 5.10 Å². The third-order valence-electron chi connectivity index (χ3n) is 5.52. The van der Waals surface area contributed by atoms with Gasteiger partial charge in [-0.3, -0.25) is 4.68 Å². The summed E-state index contributed by atoms with van der Waals surface area (Å²) in [5.74, 6) is 0.280. The smallest absolute Gasteiger partial charge is 0.333 e. The number of benzene rings is 2. The minimum absolute atomic E-state index is 0.315. The fourth-order valence-electron chi connectivity index (χ4n) is 3.79. The number of amides is 2. The second-order valence-electron chi connectivity index (χ2n) is 7.56. The SMILES string of the molecule is COC(=O)[C@@H](NC(=O)N1CCCn2nc(-c3ccc(OC)cc3)cc2C1)c1ccccc1. The number of nitrogens with zero attached hydrogens (tertiary/aromatic N) is 3. The van der Waals surface area contributed by atoms with Crippen LogP contribution in [0.5, 0.6) is 5.75 Å². The fourth-order valence-corrected chi connectivity index (χ4v) is 3.79. The van der Waals surface area contributed by atoms with Gasteiger partial charge in [0.05, 0.1) is 32.2 Å². The molecule has 2 amide bonds. The number of hydrogen-bond donors (Lipinski definition) is 1. The summed E-state index contributed by atoms with van der Waals surface area (Å²) in [4.78, 5) is 27.1. The maximum absolute atomic E-state index is 13.1. The first-order chi connectivity index (χ1) is 15.6. The molecule has 0 fully saturated rings. The van der Waals surface area contributed by atoms with Crippen LogP contribution in [0.15, 0.2) is 60.7 Å². The molecule has 0 unspecified atom stereocenters. The van der Waals surface area contributed by atoms with Gasteiger partial charge < -0.3 is 19.7 Å². The highest BCUT2D eigenvalue weighted by atomic mass is 16.5. The predicted molar refractivity (Wildman–Crippen MR) is 119 cm³/mol. The van der Waals surface area contributed by atoms with E-state index in [0.717, 1.165) is 29.1 Å². The Balaban J connectivity index is 1.51. The van der Waals surface area contributed by atoms with Crippen LogP contribution >= 0.6 is 0 Å². The number of ether oxygens (including phenoxy) is 2. The van der Waals surface area contributed by atoms with Crippen LogP contribution in [0.2, 0.25) is 0 Å². The molecule has 0 aliphatic carbocycles. The van der Waals surface area contributed by atoms with Gasteiger partial charge in [0.25, 0.3) is 0 Å². The van der Waals surface area contributed by atoms with E-state index in [0.29, 0.717) is 25.2 Å². The fraction of sp³-hybridized carbons (Fsp3) is 0.292. The van der Waals surface area contributed by atoms with Gasteiger partial charge in [0, 0.05) is 18.7 Å². The summed E-state index contributed by atoms with van der Waals surface area (Å²) in [5.41, 5.74) is 3.45. The Morgan fingerprint density at radius 2 is 1.78 bits per heavy atom. The van der Waals surface area contributed by atoms with Crippen LogP contribution in [-0.4, -0.2) is 47.4 Å². The van der Waals surface area contributed by atoms with Crippen molar-refractivity contribution in [3.8, 4) is 17.0 Å². The molecular weight excluding hydrogens is 408 g/mol. The van der Waals surface area contributed by atoms with Crippen LogP contribution in [0, 0.1) is 0 Å². The molecule has 2 aromatic carbocycles. The number of esters is 1. The zero-order valence-electron chi connectivity index (χ0n) is 18.2. The molecule has 0 radical (unpaired) electrons. The van der Waals surface area contributed by atoms with Crippen molar-refractivity contribution in [1.82, 2.24) is 20.0 Å². The average Bonchev–Trinajstić information content (AvgIpc) is 3.13. The molecule has 2 heterocycles. The zero-order valence-corrected chi connectivity index (χ0v) is 18.2. The van der Waals surface area contributed by atoms with Crippen molar-refractivity contribution in [3.05, 3.63) is 71.9 Å². The number of fused-ring (bicyclic) bond motifs is 1. The van der Waals surface area contributed by atoms with Crippen molar-refractivity contribution < 1.29 is 19.1 Å². The van der Waals surface area contributed by atoms with E-state index < -0.39 is 12.0 Å². The number of hydrogen-bond acceptors (Lipinski definition) is 5. The second kappa shape index (κ2) is 9.55. The van der Waals surface area contributed by atoms with Gasteiger partial charge in [0.15, 0.2) is 6.04 Å². The number of aromatic nitrogens is 2. The first-order valence-electron chi connectivity index (χ1n) is 10.5. The number of methoxy groups -OCH3 is 2. The highest BCUT2D eigenvalue weighted by Gasteiger charge is 2.27. The van der Waals surface area contributed by atoms with Crippen molar-refractivity contribution in [3.63, 3.8) is 0 Å². The van der Waals surface area contributed by atoms with E-state index in [2.05, 4.69) is 5.32 Å². The van der Waals surface area contributed by atoms with Gasteiger partial charge in [-0.1, -0.05) is 30.3 Å². The third kappa shape index (κ3) is 4.59. The lowest BCUT2D eigenvalue weighted by Gasteiger charge is -2.24. The lowest BCUT2D eigenvalue weighted by molar-refractivity contribution is -0.143. The maximum Gasteiger partial charge on any atom is 0.333 e. The van der Waals surface area contributed by atoms with Gasteiger partial charge >= 0.3 is 12.0 Å². The van der Waals surface area contributed by atoms with E-state index in [4.69, 9.17) is 14.6 Å². The van der Waals surface area contributed by atoms with E-state index in [1.807, 2.05) is 53.2 Å². The molecule has 1 aliphatic heterocycles. The molecule has 1 aromatic heterocycles. The first-order valence-corrected chi connectivity index (χ1v) is 10.5. The van der Waals surface area contributed by atoms with Crippen molar-refractivity contribution in [2.24, 2.45) is 0 Å². The van der Waals surface area contributed by atoms with Crippen molar-refractivity contribution in [1.29, 1.82) is 0 Å². The van der Waals surface area contributed by atoms with E-state index >= 15 is 0 Å². The number of aryl methyl sites for hydroxylation is 1. The summed E-state index contributed by atoms with van der Waals surface area (Å²) in [6, 6.07) is 17.6. The largest absolute Gasteiger partial charge is 0.497 e. The normalized spacial score (nSPS) is 14.1. The minimum atomic E-state index is -0.864. The van der Waals surface area contributed by atoms with Crippen molar-refractivity contribution >= 4 is 12.0 Å². The number of urea groups is 1. The molecule has 4 rings (SSSR count). The van der Waals surface area contributed by atoms with E-state index in [-0.39, 0.29) is 6.03 Å². The van der Waals surface area contributed by atoms with Gasteiger partial charge in [-0.25, -0.2) is 9.59 Å². The number of nitrogens with one attached hydrogen (secondary N) is 1. The van der Waals surface area contributed by atoms with E-state index in [1.54, 1.807) is 24.1 Å². The van der Waals surface area contributed by atoms with Crippen LogP contribution in [0.1, 0.15) is 23.7 Å². The Labute approximate surface area is 186 Å². The lowest BCUT2D eigenvalue weighted by atomic mass is 10.1. The summed E-state index contributed by atoms with van der Waals surface area (Å²) >= 11 is 0. The molecule has 0 saturated heterocycles. The zero-order chi connectivity index (χ0) is 22.5. The summed E-state index contributed by atoms with van der Waals surface area (Å²) in [7, 11) is 2.95. The Kier molecular flexibility index (Phi) is 6.39. The Morgan fingerprint density at radius 1 is 1.03 bits per heavy atom. The maximum atomic E-state index is 13.1.